The van der Waals surface area contributed by atoms with Crippen LogP contribution in [0.5, 0.6) is 0 Å². The van der Waals surface area contributed by atoms with Crippen LogP contribution in [0, 0.1) is 0 Å². The lowest BCUT2D eigenvalue weighted by molar-refractivity contribution is -0.142. The smallest absolute Gasteiger partial charge is 0.434 e. The van der Waals surface area contributed by atoms with Gasteiger partial charge in [-0.25, -0.2) is 14.6 Å². The molecule has 0 aromatic carbocycles. The second kappa shape index (κ2) is 8.51. The number of hydrogen-bond donors (Lipinski definition) is 1. The number of carbonyl (C=O) groups excluding carboxylic acids is 2. The van der Waals surface area contributed by atoms with Gasteiger partial charge in [-0.3, -0.25) is 0 Å². The van der Waals surface area contributed by atoms with Crippen molar-refractivity contribution in [1.82, 2.24) is 4.98 Å². The van der Waals surface area contributed by atoms with Crippen LogP contribution in [0.3, 0.4) is 0 Å². The summed E-state index contributed by atoms with van der Waals surface area (Å²) in [5, 5.41) is -2.21. The number of halogens is 6. The van der Waals surface area contributed by atoms with E-state index in [2.05, 4.69) is 26.4 Å². The van der Waals surface area contributed by atoms with E-state index >= 15 is 0 Å². The third-order valence-electron chi connectivity index (χ3n) is 3.03. The van der Waals surface area contributed by atoms with Gasteiger partial charge in [0.1, 0.15) is 16.8 Å². The fourth-order valence-corrected chi connectivity index (χ4v) is 2.19. The second-order valence-corrected chi connectivity index (χ2v) is 5.29. The SMILES string of the molecule is C=CCNc1c(C(=O)OCC)c(C(F)(F)F)nc(C(F)(F)Cl)c1C(=O)OC. The van der Waals surface area contributed by atoms with Gasteiger partial charge in [0.05, 0.1) is 19.4 Å². The predicted octanol–water partition coefficient (Wildman–Crippen LogP) is 3.95. The monoisotopic (exact) mass is 416 g/mol. The van der Waals surface area contributed by atoms with Gasteiger partial charge in [-0.2, -0.15) is 22.0 Å². The highest BCUT2D eigenvalue weighted by molar-refractivity contribution is 6.22. The molecule has 0 aliphatic rings. The first-order valence-electron chi connectivity index (χ1n) is 7.22. The van der Waals surface area contributed by atoms with Gasteiger partial charge >= 0.3 is 23.5 Å². The van der Waals surface area contributed by atoms with E-state index in [0.717, 1.165) is 13.2 Å². The Balaban J connectivity index is 4.09. The fraction of sp³-hybridized carbons (Fsp3) is 0.400. The average Bonchev–Trinajstić information content (AvgIpc) is 2.56. The Bertz CT molecular complexity index is 747. The summed E-state index contributed by atoms with van der Waals surface area (Å²) in [7, 11) is 0.803. The second-order valence-electron chi connectivity index (χ2n) is 4.81. The van der Waals surface area contributed by atoms with Crippen LogP contribution in [0.25, 0.3) is 0 Å². The van der Waals surface area contributed by atoms with Crippen molar-refractivity contribution < 1.29 is 41.0 Å². The molecule has 0 fully saturated rings. The number of esters is 2. The van der Waals surface area contributed by atoms with E-state index in [1.165, 1.54) is 6.92 Å². The Morgan fingerprint density at radius 3 is 2.15 bits per heavy atom. The molecule has 1 N–H and O–H groups in total. The number of carbonyl (C=O) groups is 2. The Morgan fingerprint density at radius 2 is 1.74 bits per heavy atom. The number of nitrogens with zero attached hydrogens (tertiary/aromatic N) is 1. The van der Waals surface area contributed by atoms with Crippen molar-refractivity contribution >= 4 is 29.2 Å². The van der Waals surface area contributed by atoms with Gasteiger partial charge in [0.15, 0.2) is 5.69 Å². The summed E-state index contributed by atoms with van der Waals surface area (Å²) in [5.74, 6) is -3.01. The number of ether oxygens (including phenoxy) is 2. The maximum absolute atomic E-state index is 13.7. The van der Waals surface area contributed by atoms with Crippen LogP contribution in [-0.4, -0.2) is 37.2 Å². The van der Waals surface area contributed by atoms with Gasteiger partial charge in [-0.15, -0.1) is 6.58 Å². The van der Waals surface area contributed by atoms with E-state index in [0.29, 0.717) is 0 Å². The molecule has 0 unspecified atom stereocenters. The number of aromatic nitrogens is 1. The Morgan fingerprint density at radius 1 is 1.19 bits per heavy atom. The van der Waals surface area contributed by atoms with Crippen molar-refractivity contribution in [3.05, 3.63) is 35.2 Å². The lowest BCUT2D eigenvalue weighted by Crippen LogP contribution is -2.27. The van der Waals surface area contributed by atoms with Crippen molar-refractivity contribution in [2.75, 3.05) is 25.6 Å². The normalized spacial score (nSPS) is 11.7. The Hall–Kier alpha value is -2.43. The molecule has 0 bridgehead atoms. The zero-order chi connectivity index (χ0) is 21.0. The van der Waals surface area contributed by atoms with E-state index < -0.39 is 51.7 Å². The number of methoxy groups -OCH3 is 1. The molecule has 0 spiro atoms. The quantitative estimate of drug-likeness (QED) is 0.314. The zero-order valence-electron chi connectivity index (χ0n) is 14.0. The standard InChI is InChI=1S/C15H14ClF5N2O4/c1-4-6-22-9-7(12(24)26-3)10(14(16,17)18)23-11(15(19,20)21)8(9)13(25)27-5-2/h4H,1,5-6H2,2-3H3,(H,22,23). The number of rotatable bonds is 7. The van der Waals surface area contributed by atoms with E-state index in [1.54, 1.807) is 0 Å². The molecular formula is C15H14ClF5N2O4. The van der Waals surface area contributed by atoms with Gasteiger partial charge in [-0.1, -0.05) is 6.08 Å². The molecule has 150 valence electrons. The van der Waals surface area contributed by atoms with Crippen molar-refractivity contribution in [2.45, 2.75) is 18.5 Å². The third-order valence-corrected chi connectivity index (χ3v) is 3.21. The number of nitrogens with one attached hydrogen (secondary N) is 1. The highest BCUT2D eigenvalue weighted by Gasteiger charge is 2.46. The molecule has 0 atom stereocenters. The van der Waals surface area contributed by atoms with E-state index in [9.17, 15) is 31.5 Å². The minimum Gasteiger partial charge on any atom is -0.465 e. The van der Waals surface area contributed by atoms with Crippen molar-refractivity contribution in [2.24, 2.45) is 0 Å². The average molecular weight is 417 g/mol. The van der Waals surface area contributed by atoms with Crippen molar-refractivity contribution in [3.8, 4) is 0 Å². The highest BCUT2D eigenvalue weighted by Crippen LogP contribution is 2.42. The van der Waals surface area contributed by atoms with Gasteiger partial charge in [0, 0.05) is 6.54 Å². The lowest BCUT2D eigenvalue weighted by atomic mass is 10.0. The number of alkyl halides is 6. The molecule has 0 aliphatic carbocycles. The summed E-state index contributed by atoms with van der Waals surface area (Å²) in [6.07, 6.45) is -4.18. The summed E-state index contributed by atoms with van der Waals surface area (Å²) >= 11 is 4.85. The predicted molar refractivity (Wildman–Crippen MR) is 85.0 cm³/mol. The molecule has 27 heavy (non-hydrogen) atoms. The van der Waals surface area contributed by atoms with E-state index in [-0.39, 0.29) is 13.2 Å². The van der Waals surface area contributed by atoms with Gasteiger partial charge in [-0.05, 0) is 18.5 Å². The van der Waals surface area contributed by atoms with Gasteiger partial charge < -0.3 is 14.8 Å². The minimum atomic E-state index is -5.34. The summed E-state index contributed by atoms with van der Waals surface area (Å²) in [6, 6.07) is 0. The molecule has 6 nitrogen and oxygen atoms in total. The molecule has 1 heterocycles. The molecule has 1 aromatic heterocycles. The minimum absolute atomic E-state index is 0.287. The summed E-state index contributed by atoms with van der Waals surface area (Å²) in [4.78, 5) is 26.9. The van der Waals surface area contributed by atoms with E-state index in [1.807, 2.05) is 0 Å². The molecule has 0 radical (unpaired) electrons. The van der Waals surface area contributed by atoms with E-state index in [4.69, 9.17) is 11.6 Å². The lowest BCUT2D eigenvalue weighted by Gasteiger charge is -2.22. The third kappa shape index (κ3) is 5.06. The topological polar surface area (TPSA) is 77.5 Å². The largest absolute Gasteiger partial charge is 0.465 e. The first-order valence-corrected chi connectivity index (χ1v) is 7.60. The number of pyridine rings is 1. The van der Waals surface area contributed by atoms with Crippen LogP contribution >= 0.6 is 11.6 Å². The maximum Gasteiger partial charge on any atom is 0.434 e. The summed E-state index contributed by atoms with van der Waals surface area (Å²) in [6.45, 7) is 4.03. The fourth-order valence-electron chi connectivity index (χ4n) is 2.05. The molecule has 0 saturated carbocycles. The first kappa shape index (κ1) is 22.6. The zero-order valence-corrected chi connectivity index (χ0v) is 14.8. The molecule has 0 amide bonds. The Kier molecular flexibility index (Phi) is 7.12. The van der Waals surface area contributed by atoms with Crippen LogP contribution in [0.2, 0.25) is 0 Å². The molecule has 0 aliphatic heterocycles. The molecule has 1 rings (SSSR count). The van der Waals surface area contributed by atoms with Crippen LogP contribution in [0.1, 0.15) is 39.0 Å². The van der Waals surface area contributed by atoms with Crippen molar-refractivity contribution in [1.29, 1.82) is 0 Å². The van der Waals surface area contributed by atoms with Crippen molar-refractivity contribution in [3.63, 3.8) is 0 Å². The van der Waals surface area contributed by atoms with Crippen LogP contribution in [0.4, 0.5) is 27.6 Å². The number of hydrogen-bond acceptors (Lipinski definition) is 6. The van der Waals surface area contributed by atoms with Crippen LogP contribution < -0.4 is 5.32 Å². The van der Waals surface area contributed by atoms with Crippen LogP contribution in [-0.2, 0) is 21.0 Å². The van der Waals surface area contributed by atoms with Gasteiger partial charge in [0.2, 0.25) is 0 Å². The molecule has 0 saturated heterocycles. The maximum atomic E-state index is 13.7. The molecule has 1 aromatic rings. The van der Waals surface area contributed by atoms with Crippen LogP contribution in [0.15, 0.2) is 12.7 Å². The summed E-state index contributed by atoms with van der Waals surface area (Å²) < 4.78 is 76.6. The molecule has 12 heteroatoms. The Labute approximate surface area is 155 Å². The van der Waals surface area contributed by atoms with Gasteiger partial charge in [0.25, 0.3) is 0 Å². The molecular weight excluding hydrogens is 403 g/mol. The first-order chi connectivity index (χ1) is 12.4. The number of anilines is 1. The summed E-state index contributed by atoms with van der Waals surface area (Å²) in [5.41, 5.74) is -7.00. The highest BCUT2D eigenvalue weighted by atomic mass is 35.5.